The summed E-state index contributed by atoms with van der Waals surface area (Å²) >= 11 is 0. The van der Waals surface area contributed by atoms with Gasteiger partial charge in [0.2, 0.25) is 0 Å². The summed E-state index contributed by atoms with van der Waals surface area (Å²) in [6, 6.07) is 0. The molecular weight excluding hydrogens is 230 g/mol. The van der Waals surface area contributed by atoms with E-state index in [0.717, 1.165) is 58.1 Å². The molecule has 0 saturated heterocycles. The summed E-state index contributed by atoms with van der Waals surface area (Å²) in [5, 5.41) is 3.37. The van der Waals surface area contributed by atoms with Crippen LogP contribution in [0.3, 0.4) is 0 Å². The first-order valence-electron chi connectivity index (χ1n) is 7.12. The van der Waals surface area contributed by atoms with E-state index in [1.807, 2.05) is 0 Å². The first kappa shape index (κ1) is 17.8. The van der Waals surface area contributed by atoms with Crippen LogP contribution in [0.4, 0.5) is 0 Å². The summed E-state index contributed by atoms with van der Waals surface area (Å²) in [6.07, 6.45) is 3.41. The average Bonchev–Trinajstić information content (AvgIpc) is 2.34. The zero-order valence-corrected chi connectivity index (χ0v) is 12.4. The molecule has 0 saturated carbocycles. The Morgan fingerprint density at radius 3 is 2.33 bits per heavy atom. The minimum Gasteiger partial charge on any atom is -0.382 e. The number of methoxy groups -OCH3 is 1. The van der Waals surface area contributed by atoms with Gasteiger partial charge in [-0.15, -0.1) is 0 Å². The molecule has 0 unspecified atom stereocenters. The third-order valence-corrected chi connectivity index (χ3v) is 2.59. The maximum Gasteiger partial charge on any atom is 0.0700 e. The van der Waals surface area contributed by atoms with Gasteiger partial charge >= 0.3 is 0 Å². The van der Waals surface area contributed by atoms with Crippen molar-refractivity contribution >= 4 is 0 Å². The topological polar surface area (TPSA) is 39.7 Å². The van der Waals surface area contributed by atoms with Gasteiger partial charge in [0.05, 0.1) is 19.8 Å². The van der Waals surface area contributed by atoms with Gasteiger partial charge in [0.1, 0.15) is 0 Å². The van der Waals surface area contributed by atoms with Crippen LogP contribution < -0.4 is 5.32 Å². The fraction of sp³-hybridized carbons (Fsp3) is 1.00. The largest absolute Gasteiger partial charge is 0.382 e. The van der Waals surface area contributed by atoms with Gasteiger partial charge < -0.3 is 19.5 Å². The molecule has 0 rings (SSSR count). The van der Waals surface area contributed by atoms with Gasteiger partial charge in [0, 0.05) is 26.9 Å². The minimum absolute atomic E-state index is 0.686. The lowest BCUT2D eigenvalue weighted by Gasteiger charge is -2.07. The summed E-state index contributed by atoms with van der Waals surface area (Å²) < 4.78 is 15.8. The lowest BCUT2D eigenvalue weighted by Crippen LogP contribution is -2.21. The zero-order chi connectivity index (χ0) is 13.5. The summed E-state index contributed by atoms with van der Waals surface area (Å²) in [4.78, 5) is 0. The molecule has 0 atom stereocenters. The standard InChI is InChI=1S/C14H31NO3/c1-14(2)6-10-18-11-8-15-7-4-5-9-17-13-12-16-3/h14-15H,4-13H2,1-3H3. The molecule has 0 aromatic heterocycles. The van der Waals surface area contributed by atoms with Crippen molar-refractivity contribution in [3.63, 3.8) is 0 Å². The molecule has 0 bridgehead atoms. The smallest absolute Gasteiger partial charge is 0.0700 e. The van der Waals surface area contributed by atoms with Crippen LogP contribution in [-0.4, -0.2) is 53.2 Å². The quantitative estimate of drug-likeness (QED) is 0.486. The Balaban J connectivity index is 2.90. The van der Waals surface area contributed by atoms with Crippen LogP contribution in [0.25, 0.3) is 0 Å². The molecule has 4 heteroatoms. The van der Waals surface area contributed by atoms with E-state index in [1.165, 1.54) is 0 Å². The van der Waals surface area contributed by atoms with Crippen LogP contribution in [0, 0.1) is 5.92 Å². The molecule has 0 heterocycles. The number of hydrogen-bond donors (Lipinski definition) is 1. The van der Waals surface area contributed by atoms with Crippen molar-refractivity contribution in [2.24, 2.45) is 5.92 Å². The van der Waals surface area contributed by atoms with E-state index in [1.54, 1.807) is 7.11 Å². The molecule has 110 valence electrons. The highest BCUT2D eigenvalue weighted by atomic mass is 16.5. The first-order chi connectivity index (χ1) is 8.77. The zero-order valence-electron chi connectivity index (χ0n) is 12.4. The number of rotatable bonds is 14. The van der Waals surface area contributed by atoms with Gasteiger partial charge in [-0.2, -0.15) is 0 Å². The van der Waals surface area contributed by atoms with E-state index in [9.17, 15) is 0 Å². The molecule has 0 radical (unpaired) electrons. The Kier molecular flexibility index (Phi) is 14.8. The highest BCUT2D eigenvalue weighted by Crippen LogP contribution is 1.98. The second-order valence-electron chi connectivity index (χ2n) is 4.86. The monoisotopic (exact) mass is 261 g/mol. The lowest BCUT2D eigenvalue weighted by molar-refractivity contribution is 0.0687. The Morgan fingerprint density at radius 1 is 0.833 bits per heavy atom. The van der Waals surface area contributed by atoms with Gasteiger partial charge in [-0.25, -0.2) is 0 Å². The van der Waals surface area contributed by atoms with Crippen LogP contribution in [0.5, 0.6) is 0 Å². The van der Waals surface area contributed by atoms with Crippen molar-refractivity contribution in [3.05, 3.63) is 0 Å². The number of unbranched alkanes of at least 4 members (excludes halogenated alkanes) is 1. The predicted molar refractivity (Wildman–Crippen MR) is 75.1 cm³/mol. The van der Waals surface area contributed by atoms with Crippen LogP contribution in [0.2, 0.25) is 0 Å². The van der Waals surface area contributed by atoms with Crippen LogP contribution in [0.1, 0.15) is 33.1 Å². The molecule has 0 aliphatic rings. The lowest BCUT2D eigenvalue weighted by atomic mass is 10.1. The molecule has 4 nitrogen and oxygen atoms in total. The highest BCUT2D eigenvalue weighted by Gasteiger charge is 1.94. The SMILES string of the molecule is COCCOCCCCNCCOCCC(C)C. The van der Waals surface area contributed by atoms with Crippen molar-refractivity contribution in [3.8, 4) is 0 Å². The minimum atomic E-state index is 0.686. The predicted octanol–water partition coefficient (Wildman–Crippen LogP) is 2.08. The number of nitrogens with one attached hydrogen (secondary N) is 1. The second kappa shape index (κ2) is 14.9. The van der Waals surface area contributed by atoms with E-state index in [2.05, 4.69) is 19.2 Å². The van der Waals surface area contributed by atoms with Gasteiger partial charge in [-0.3, -0.25) is 0 Å². The number of ether oxygens (including phenoxy) is 3. The Hall–Kier alpha value is -0.160. The fourth-order valence-corrected chi connectivity index (χ4v) is 1.39. The van der Waals surface area contributed by atoms with Crippen molar-refractivity contribution < 1.29 is 14.2 Å². The average molecular weight is 261 g/mol. The van der Waals surface area contributed by atoms with E-state index in [-0.39, 0.29) is 0 Å². The molecule has 0 spiro atoms. The number of hydrogen-bond acceptors (Lipinski definition) is 4. The highest BCUT2D eigenvalue weighted by molar-refractivity contribution is 4.48. The van der Waals surface area contributed by atoms with E-state index in [4.69, 9.17) is 14.2 Å². The van der Waals surface area contributed by atoms with Gasteiger partial charge in [-0.05, 0) is 31.7 Å². The summed E-state index contributed by atoms with van der Waals surface area (Å²) in [5.41, 5.74) is 0. The molecular formula is C14H31NO3. The van der Waals surface area contributed by atoms with Crippen molar-refractivity contribution in [1.29, 1.82) is 0 Å². The molecule has 1 N–H and O–H groups in total. The molecule has 0 aromatic carbocycles. The van der Waals surface area contributed by atoms with Crippen LogP contribution in [0.15, 0.2) is 0 Å². The summed E-state index contributed by atoms with van der Waals surface area (Å²) in [5.74, 6) is 0.732. The van der Waals surface area contributed by atoms with Crippen molar-refractivity contribution in [1.82, 2.24) is 5.32 Å². The summed E-state index contributed by atoms with van der Waals surface area (Å²) in [6.45, 7) is 10.3. The van der Waals surface area contributed by atoms with E-state index in [0.29, 0.717) is 13.2 Å². The molecule has 18 heavy (non-hydrogen) atoms. The maximum atomic E-state index is 5.52. The molecule has 0 aliphatic carbocycles. The summed E-state index contributed by atoms with van der Waals surface area (Å²) in [7, 11) is 1.69. The molecule has 0 aliphatic heterocycles. The van der Waals surface area contributed by atoms with Crippen LogP contribution in [-0.2, 0) is 14.2 Å². The second-order valence-corrected chi connectivity index (χ2v) is 4.86. The molecule has 0 fully saturated rings. The van der Waals surface area contributed by atoms with Crippen molar-refractivity contribution in [2.75, 3.05) is 53.2 Å². The Labute approximate surface area is 112 Å². The fourth-order valence-electron chi connectivity index (χ4n) is 1.39. The third-order valence-electron chi connectivity index (χ3n) is 2.59. The first-order valence-corrected chi connectivity index (χ1v) is 7.12. The Bertz CT molecular complexity index is 154. The van der Waals surface area contributed by atoms with Gasteiger partial charge in [0.25, 0.3) is 0 Å². The molecule has 0 amide bonds. The molecule has 0 aromatic rings. The third kappa shape index (κ3) is 15.8. The Morgan fingerprint density at radius 2 is 1.61 bits per heavy atom. The van der Waals surface area contributed by atoms with E-state index >= 15 is 0 Å². The van der Waals surface area contributed by atoms with E-state index < -0.39 is 0 Å². The van der Waals surface area contributed by atoms with Gasteiger partial charge in [-0.1, -0.05) is 13.8 Å². The van der Waals surface area contributed by atoms with Crippen LogP contribution >= 0.6 is 0 Å². The van der Waals surface area contributed by atoms with Crippen molar-refractivity contribution in [2.45, 2.75) is 33.1 Å². The maximum absolute atomic E-state index is 5.52. The normalized spacial score (nSPS) is 11.3. The van der Waals surface area contributed by atoms with Gasteiger partial charge in [0.15, 0.2) is 0 Å².